The van der Waals surface area contributed by atoms with Gasteiger partial charge in [0, 0.05) is 46.9 Å². The number of amides is 3. The quantitative estimate of drug-likeness (QED) is 0.370. The van der Waals surface area contributed by atoms with Gasteiger partial charge in [0.2, 0.25) is 11.8 Å². The van der Waals surface area contributed by atoms with E-state index in [-0.39, 0.29) is 30.6 Å². The van der Waals surface area contributed by atoms with Crippen molar-refractivity contribution in [2.75, 3.05) is 0 Å². The standard InChI is InChI=1S/C28H21N3O4/c32-25-13-12-24(27(34)29-25)31-15-18-14-17(10-11-20(18)28(31)35)26(33)22-16-30(19-6-2-1-3-7-19)23-9-5-4-8-21(22)23/h1-11,14,16,24H,12-13,15H2,(H,29,32,34). The van der Waals surface area contributed by atoms with E-state index in [9.17, 15) is 19.2 Å². The molecule has 0 spiro atoms. The highest BCUT2D eigenvalue weighted by atomic mass is 16.2. The summed E-state index contributed by atoms with van der Waals surface area (Å²) in [6, 6.07) is 22.0. The van der Waals surface area contributed by atoms with E-state index in [1.54, 1.807) is 18.2 Å². The molecular weight excluding hydrogens is 442 g/mol. The average Bonchev–Trinajstić information content (AvgIpc) is 3.42. The fourth-order valence-electron chi connectivity index (χ4n) is 5.03. The van der Waals surface area contributed by atoms with E-state index in [1.807, 2.05) is 65.4 Å². The molecule has 4 aromatic rings. The van der Waals surface area contributed by atoms with Crippen LogP contribution in [0.25, 0.3) is 16.6 Å². The van der Waals surface area contributed by atoms with Gasteiger partial charge in [-0.05, 0) is 42.3 Å². The third kappa shape index (κ3) is 3.44. The van der Waals surface area contributed by atoms with Gasteiger partial charge < -0.3 is 9.47 Å². The molecule has 0 bridgehead atoms. The fraction of sp³-hybridized carbons (Fsp3) is 0.143. The molecule has 1 N–H and O–H groups in total. The van der Waals surface area contributed by atoms with Crippen molar-refractivity contribution in [3.05, 3.63) is 101 Å². The molecule has 0 radical (unpaired) electrons. The predicted octanol–water partition coefficient (Wildman–Crippen LogP) is 3.62. The van der Waals surface area contributed by atoms with E-state index in [0.29, 0.717) is 28.7 Å². The molecular formula is C28H21N3O4. The van der Waals surface area contributed by atoms with Crippen LogP contribution in [-0.2, 0) is 16.1 Å². The van der Waals surface area contributed by atoms with Crippen LogP contribution in [0, 0.1) is 0 Å². The van der Waals surface area contributed by atoms with Crippen molar-refractivity contribution in [1.29, 1.82) is 0 Å². The maximum Gasteiger partial charge on any atom is 0.255 e. The van der Waals surface area contributed by atoms with Crippen LogP contribution >= 0.6 is 0 Å². The molecule has 1 saturated heterocycles. The highest BCUT2D eigenvalue weighted by Crippen LogP contribution is 2.31. The number of benzene rings is 3. The monoisotopic (exact) mass is 463 g/mol. The molecule has 2 aliphatic heterocycles. The topological polar surface area (TPSA) is 88.5 Å². The van der Waals surface area contributed by atoms with Crippen molar-refractivity contribution >= 4 is 34.4 Å². The lowest BCUT2D eigenvalue weighted by Crippen LogP contribution is -2.52. The van der Waals surface area contributed by atoms with E-state index < -0.39 is 11.9 Å². The smallest absolute Gasteiger partial charge is 0.255 e. The number of carbonyl (C=O) groups is 4. The number of rotatable bonds is 4. The molecule has 7 nitrogen and oxygen atoms in total. The van der Waals surface area contributed by atoms with Crippen molar-refractivity contribution in [2.45, 2.75) is 25.4 Å². The van der Waals surface area contributed by atoms with Gasteiger partial charge in [-0.15, -0.1) is 0 Å². The lowest BCUT2D eigenvalue weighted by molar-refractivity contribution is -0.136. The number of imide groups is 1. The lowest BCUT2D eigenvalue weighted by atomic mass is 9.99. The second kappa shape index (κ2) is 8.06. The third-order valence-corrected chi connectivity index (χ3v) is 6.78. The first-order valence-electron chi connectivity index (χ1n) is 11.5. The van der Waals surface area contributed by atoms with Crippen LogP contribution < -0.4 is 5.32 Å². The molecule has 35 heavy (non-hydrogen) atoms. The van der Waals surface area contributed by atoms with Gasteiger partial charge in [0.15, 0.2) is 5.78 Å². The number of para-hydroxylation sites is 2. The van der Waals surface area contributed by atoms with Gasteiger partial charge in [-0.1, -0.05) is 42.5 Å². The number of hydrogen-bond acceptors (Lipinski definition) is 4. The molecule has 7 heteroatoms. The SMILES string of the molecule is O=C1CCC(N2Cc3cc(C(=O)c4cn(-c5ccccc5)c5ccccc45)ccc3C2=O)C(=O)N1. The first kappa shape index (κ1) is 21.0. The molecule has 1 fully saturated rings. The number of fused-ring (bicyclic) bond motifs is 2. The van der Waals surface area contributed by atoms with Gasteiger partial charge in [0.25, 0.3) is 5.91 Å². The van der Waals surface area contributed by atoms with Gasteiger partial charge in [-0.3, -0.25) is 24.5 Å². The summed E-state index contributed by atoms with van der Waals surface area (Å²) in [6.07, 6.45) is 2.36. The molecule has 3 heterocycles. The molecule has 3 amide bonds. The fourth-order valence-corrected chi connectivity index (χ4v) is 5.03. The van der Waals surface area contributed by atoms with E-state index >= 15 is 0 Å². The Morgan fingerprint density at radius 2 is 1.69 bits per heavy atom. The molecule has 0 saturated carbocycles. The molecule has 1 unspecified atom stereocenters. The highest BCUT2D eigenvalue weighted by Gasteiger charge is 2.39. The van der Waals surface area contributed by atoms with Crippen LogP contribution in [-0.4, -0.2) is 39.0 Å². The van der Waals surface area contributed by atoms with Gasteiger partial charge in [-0.2, -0.15) is 0 Å². The summed E-state index contributed by atoms with van der Waals surface area (Å²) in [6.45, 7) is 0.230. The summed E-state index contributed by atoms with van der Waals surface area (Å²) in [7, 11) is 0. The first-order valence-corrected chi connectivity index (χ1v) is 11.5. The summed E-state index contributed by atoms with van der Waals surface area (Å²) in [4.78, 5) is 51.9. The summed E-state index contributed by atoms with van der Waals surface area (Å²) >= 11 is 0. The Morgan fingerprint density at radius 1 is 0.914 bits per heavy atom. The Bertz CT molecular complexity index is 1540. The minimum atomic E-state index is -0.685. The first-order chi connectivity index (χ1) is 17.0. The number of nitrogens with one attached hydrogen (secondary N) is 1. The zero-order chi connectivity index (χ0) is 24.1. The lowest BCUT2D eigenvalue weighted by Gasteiger charge is -2.29. The normalized spacial score (nSPS) is 17.5. The Labute approximate surface area is 201 Å². The van der Waals surface area contributed by atoms with Crippen LogP contribution in [0.4, 0.5) is 0 Å². The van der Waals surface area contributed by atoms with Crippen LogP contribution in [0.1, 0.15) is 44.7 Å². The van der Waals surface area contributed by atoms with E-state index in [4.69, 9.17) is 0 Å². The number of nitrogens with zero attached hydrogens (tertiary/aromatic N) is 2. The summed E-state index contributed by atoms with van der Waals surface area (Å²) in [5, 5.41) is 3.16. The third-order valence-electron chi connectivity index (χ3n) is 6.78. The van der Waals surface area contributed by atoms with Gasteiger partial charge >= 0.3 is 0 Å². The van der Waals surface area contributed by atoms with E-state index in [2.05, 4.69) is 5.32 Å². The summed E-state index contributed by atoms with van der Waals surface area (Å²) in [5.74, 6) is -1.16. The molecule has 6 rings (SSSR count). The molecule has 1 atom stereocenters. The molecule has 0 aliphatic carbocycles. The maximum atomic E-state index is 13.6. The van der Waals surface area contributed by atoms with E-state index in [0.717, 1.165) is 16.6 Å². The minimum absolute atomic E-state index is 0.134. The van der Waals surface area contributed by atoms with Crippen LogP contribution in [0.2, 0.25) is 0 Å². The molecule has 3 aromatic carbocycles. The maximum absolute atomic E-state index is 13.6. The largest absolute Gasteiger partial charge is 0.322 e. The van der Waals surface area contributed by atoms with Crippen LogP contribution in [0.5, 0.6) is 0 Å². The number of hydrogen-bond donors (Lipinski definition) is 1. The predicted molar refractivity (Wildman–Crippen MR) is 129 cm³/mol. The van der Waals surface area contributed by atoms with Crippen molar-refractivity contribution in [3.63, 3.8) is 0 Å². The zero-order valence-corrected chi connectivity index (χ0v) is 18.7. The van der Waals surface area contributed by atoms with Crippen molar-refractivity contribution in [1.82, 2.24) is 14.8 Å². The minimum Gasteiger partial charge on any atom is -0.322 e. The molecule has 1 aromatic heterocycles. The summed E-state index contributed by atoms with van der Waals surface area (Å²) < 4.78 is 2.00. The second-order valence-corrected chi connectivity index (χ2v) is 8.87. The van der Waals surface area contributed by atoms with Gasteiger partial charge in [0.1, 0.15) is 6.04 Å². The zero-order valence-electron chi connectivity index (χ0n) is 18.7. The van der Waals surface area contributed by atoms with E-state index in [1.165, 1.54) is 4.90 Å². The Morgan fingerprint density at radius 3 is 2.49 bits per heavy atom. The van der Waals surface area contributed by atoms with Crippen molar-refractivity contribution in [3.8, 4) is 5.69 Å². The summed E-state index contributed by atoms with van der Waals surface area (Å²) in [5.41, 5.74) is 4.15. The molecule has 2 aliphatic rings. The number of aromatic nitrogens is 1. The Balaban J connectivity index is 1.35. The van der Waals surface area contributed by atoms with Crippen LogP contribution in [0.15, 0.2) is 79.0 Å². The van der Waals surface area contributed by atoms with Gasteiger partial charge in [-0.25, -0.2) is 0 Å². The highest BCUT2D eigenvalue weighted by molar-refractivity contribution is 6.17. The Hall–Kier alpha value is -4.52. The van der Waals surface area contributed by atoms with Crippen molar-refractivity contribution < 1.29 is 19.2 Å². The Kier molecular flexibility index (Phi) is 4.84. The van der Waals surface area contributed by atoms with Crippen molar-refractivity contribution in [2.24, 2.45) is 0 Å². The number of piperidine rings is 1. The number of ketones is 1. The second-order valence-electron chi connectivity index (χ2n) is 8.87. The average molecular weight is 463 g/mol. The number of carbonyl (C=O) groups excluding carboxylic acids is 4. The van der Waals surface area contributed by atoms with Crippen LogP contribution in [0.3, 0.4) is 0 Å². The molecule has 172 valence electrons. The van der Waals surface area contributed by atoms with Gasteiger partial charge in [0.05, 0.1) is 5.52 Å².